The summed E-state index contributed by atoms with van der Waals surface area (Å²) in [6.07, 6.45) is 0. The van der Waals surface area contributed by atoms with Gasteiger partial charge in [0.25, 0.3) is 5.69 Å². The minimum absolute atomic E-state index is 0.128. The van der Waals surface area contributed by atoms with Crippen LogP contribution < -0.4 is 5.32 Å². The first-order chi connectivity index (χ1) is 10.1. The lowest BCUT2D eigenvalue weighted by molar-refractivity contribution is -0.385. The lowest BCUT2D eigenvalue weighted by Gasteiger charge is -2.08. The lowest BCUT2D eigenvalue weighted by Crippen LogP contribution is -2.05. The first-order valence-corrected chi connectivity index (χ1v) is 7.68. The molecule has 2 rings (SSSR count). The molecule has 108 valence electrons. The van der Waals surface area contributed by atoms with E-state index in [2.05, 4.69) is 5.32 Å². The van der Waals surface area contributed by atoms with Gasteiger partial charge in [-0.3, -0.25) is 10.1 Å². The minimum atomic E-state index is -0.369. The van der Waals surface area contributed by atoms with Crippen molar-refractivity contribution in [2.75, 3.05) is 5.32 Å². The zero-order valence-electron chi connectivity index (χ0n) is 11.4. The van der Waals surface area contributed by atoms with Crippen molar-refractivity contribution in [1.82, 2.24) is 0 Å². The average Bonchev–Trinajstić information content (AvgIpc) is 2.48. The highest BCUT2D eigenvalue weighted by atomic mass is 32.2. The standard InChI is InChI=1S/C15H14N2O2S2/c1-11-6-8-13(9-7-11)16-15(20)21-10-12-4-2-3-5-14(12)17(18)19/h2-9H,10H2,1H3,(H,16,20). The fourth-order valence-corrected chi connectivity index (χ4v) is 2.76. The van der Waals surface area contributed by atoms with Crippen LogP contribution in [0.2, 0.25) is 0 Å². The Hall–Kier alpha value is -1.92. The molecule has 2 aromatic carbocycles. The van der Waals surface area contributed by atoms with Crippen LogP contribution >= 0.6 is 24.0 Å². The van der Waals surface area contributed by atoms with Crippen molar-refractivity contribution >= 4 is 39.7 Å². The zero-order chi connectivity index (χ0) is 15.2. The van der Waals surface area contributed by atoms with E-state index in [1.54, 1.807) is 18.2 Å². The lowest BCUT2D eigenvalue weighted by atomic mass is 10.2. The predicted molar refractivity (Wildman–Crippen MR) is 91.8 cm³/mol. The molecule has 0 heterocycles. The molecule has 0 unspecified atom stereocenters. The van der Waals surface area contributed by atoms with Crippen LogP contribution in [0.4, 0.5) is 11.4 Å². The normalized spacial score (nSPS) is 10.1. The summed E-state index contributed by atoms with van der Waals surface area (Å²) < 4.78 is 0.594. The summed E-state index contributed by atoms with van der Waals surface area (Å²) in [6.45, 7) is 2.02. The SMILES string of the molecule is Cc1ccc(NC(=S)SCc2ccccc2[N+](=O)[O-])cc1. The maximum Gasteiger partial charge on any atom is 0.273 e. The molecule has 1 N–H and O–H groups in total. The number of hydrogen-bond acceptors (Lipinski definition) is 4. The number of thiocarbonyl (C=S) groups is 1. The van der Waals surface area contributed by atoms with Crippen LogP contribution in [0.5, 0.6) is 0 Å². The van der Waals surface area contributed by atoms with Gasteiger partial charge in [-0.1, -0.05) is 59.9 Å². The number of nitro groups is 1. The molecular formula is C15H14N2O2S2. The van der Waals surface area contributed by atoms with Crippen LogP contribution in [0.15, 0.2) is 48.5 Å². The van der Waals surface area contributed by atoms with Gasteiger partial charge < -0.3 is 5.32 Å². The molecular weight excluding hydrogens is 304 g/mol. The number of nitro benzene ring substituents is 1. The first-order valence-electron chi connectivity index (χ1n) is 6.29. The van der Waals surface area contributed by atoms with E-state index in [1.807, 2.05) is 31.2 Å². The molecule has 0 radical (unpaired) electrons. The Labute approximate surface area is 132 Å². The van der Waals surface area contributed by atoms with Gasteiger partial charge in [0.2, 0.25) is 0 Å². The Balaban J connectivity index is 1.95. The van der Waals surface area contributed by atoms with Gasteiger partial charge in [-0.05, 0) is 19.1 Å². The fraction of sp³-hybridized carbons (Fsp3) is 0.133. The van der Waals surface area contributed by atoms with Crippen LogP contribution in [-0.4, -0.2) is 9.24 Å². The molecule has 0 amide bonds. The van der Waals surface area contributed by atoms with Gasteiger partial charge in [0.05, 0.1) is 4.92 Å². The Morgan fingerprint density at radius 3 is 2.57 bits per heavy atom. The van der Waals surface area contributed by atoms with Crippen LogP contribution in [0, 0.1) is 17.0 Å². The number of anilines is 1. The topological polar surface area (TPSA) is 55.2 Å². The Morgan fingerprint density at radius 2 is 1.90 bits per heavy atom. The van der Waals surface area contributed by atoms with Gasteiger partial charge in [0.15, 0.2) is 0 Å². The molecule has 0 aliphatic rings. The summed E-state index contributed by atoms with van der Waals surface area (Å²) in [5.74, 6) is 0.467. The number of hydrogen-bond donors (Lipinski definition) is 1. The molecule has 2 aromatic rings. The third kappa shape index (κ3) is 4.54. The van der Waals surface area contributed by atoms with Crippen LogP contribution in [-0.2, 0) is 5.75 Å². The van der Waals surface area contributed by atoms with E-state index < -0.39 is 0 Å². The Bertz CT molecular complexity index is 657. The Kier molecular flexibility index (Phi) is 5.30. The van der Waals surface area contributed by atoms with Crippen LogP contribution in [0.3, 0.4) is 0 Å². The molecule has 0 fully saturated rings. The molecule has 0 aliphatic heterocycles. The van der Waals surface area contributed by atoms with Crippen LogP contribution in [0.25, 0.3) is 0 Å². The number of thioether (sulfide) groups is 1. The molecule has 0 saturated carbocycles. The molecule has 0 spiro atoms. The summed E-state index contributed by atoms with van der Waals surface area (Å²) in [6, 6.07) is 14.6. The highest BCUT2D eigenvalue weighted by Gasteiger charge is 2.12. The van der Waals surface area contributed by atoms with E-state index in [9.17, 15) is 10.1 Å². The molecule has 4 nitrogen and oxygen atoms in total. The number of para-hydroxylation sites is 1. The molecule has 0 atom stereocenters. The van der Waals surface area contributed by atoms with E-state index in [0.29, 0.717) is 15.6 Å². The molecule has 6 heteroatoms. The van der Waals surface area contributed by atoms with Crippen molar-refractivity contribution in [1.29, 1.82) is 0 Å². The predicted octanol–water partition coefficient (Wildman–Crippen LogP) is 4.53. The highest BCUT2D eigenvalue weighted by Crippen LogP contribution is 2.24. The van der Waals surface area contributed by atoms with E-state index in [4.69, 9.17) is 12.2 Å². The third-order valence-electron chi connectivity index (χ3n) is 2.85. The number of nitrogens with zero attached hydrogens (tertiary/aromatic N) is 1. The minimum Gasteiger partial charge on any atom is -0.341 e. The van der Waals surface area contributed by atoms with Gasteiger partial charge in [-0.15, -0.1) is 0 Å². The molecule has 0 aromatic heterocycles. The molecule has 0 aliphatic carbocycles. The van der Waals surface area contributed by atoms with E-state index in [0.717, 1.165) is 5.69 Å². The van der Waals surface area contributed by atoms with Crippen molar-refractivity contribution in [3.05, 3.63) is 69.8 Å². The van der Waals surface area contributed by atoms with Crippen molar-refractivity contribution in [3.63, 3.8) is 0 Å². The van der Waals surface area contributed by atoms with Crippen molar-refractivity contribution < 1.29 is 4.92 Å². The smallest absolute Gasteiger partial charge is 0.273 e. The van der Waals surface area contributed by atoms with E-state index in [-0.39, 0.29) is 10.6 Å². The summed E-state index contributed by atoms with van der Waals surface area (Å²) in [5, 5.41) is 14.0. The number of rotatable bonds is 4. The van der Waals surface area contributed by atoms with Crippen LogP contribution in [0.1, 0.15) is 11.1 Å². The molecule has 21 heavy (non-hydrogen) atoms. The van der Waals surface area contributed by atoms with Crippen molar-refractivity contribution in [3.8, 4) is 0 Å². The fourth-order valence-electron chi connectivity index (χ4n) is 1.75. The average molecular weight is 318 g/mol. The summed E-state index contributed by atoms with van der Waals surface area (Å²) >= 11 is 6.63. The highest BCUT2D eigenvalue weighted by molar-refractivity contribution is 8.22. The first kappa shape index (κ1) is 15.5. The van der Waals surface area contributed by atoms with Gasteiger partial charge in [0.1, 0.15) is 4.32 Å². The summed E-state index contributed by atoms with van der Waals surface area (Å²) in [7, 11) is 0. The zero-order valence-corrected chi connectivity index (χ0v) is 13.0. The van der Waals surface area contributed by atoms with Gasteiger partial charge >= 0.3 is 0 Å². The number of aryl methyl sites for hydroxylation is 1. The summed E-state index contributed by atoms with van der Waals surface area (Å²) in [5.41, 5.74) is 2.89. The van der Waals surface area contributed by atoms with Crippen molar-refractivity contribution in [2.24, 2.45) is 0 Å². The second-order valence-corrected chi connectivity index (χ2v) is 6.11. The second-order valence-electron chi connectivity index (χ2n) is 4.45. The third-order valence-corrected chi connectivity index (χ3v) is 4.12. The maximum absolute atomic E-state index is 10.9. The molecule has 0 saturated heterocycles. The Morgan fingerprint density at radius 1 is 1.24 bits per heavy atom. The number of nitrogens with one attached hydrogen (secondary N) is 1. The summed E-state index contributed by atoms with van der Waals surface area (Å²) in [4.78, 5) is 10.6. The quantitative estimate of drug-likeness (QED) is 0.510. The monoisotopic (exact) mass is 318 g/mol. The largest absolute Gasteiger partial charge is 0.341 e. The van der Waals surface area contributed by atoms with Gasteiger partial charge in [-0.25, -0.2) is 0 Å². The van der Waals surface area contributed by atoms with Gasteiger partial charge in [-0.2, -0.15) is 0 Å². The van der Waals surface area contributed by atoms with Gasteiger partial charge in [0, 0.05) is 23.1 Å². The van der Waals surface area contributed by atoms with E-state index >= 15 is 0 Å². The second kappa shape index (κ2) is 7.19. The van der Waals surface area contributed by atoms with Crippen molar-refractivity contribution in [2.45, 2.75) is 12.7 Å². The molecule has 0 bridgehead atoms. The maximum atomic E-state index is 10.9. The van der Waals surface area contributed by atoms with E-state index in [1.165, 1.54) is 23.4 Å². The number of benzene rings is 2.